The van der Waals surface area contributed by atoms with Crippen molar-refractivity contribution >= 4 is 38.8 Å². The van der Waals surface area contributed by atoms with Crippen LogP contribution in [0.15, 0.2) is 53.0 Å². The van der Waals surface area contributed by atoms with E-state index in [2.05, 4.69) is 20.8 Å². The van der Waals surface area contributed by atoms with Crippen LogP contribution in [0.4, 0.5) is 5.69 Å². The summed E-state index contributed by atoms with van der Waals surface area (Å²) in [5, 5.41) is 0. The van der Waals surface area contributed by atoms with Gasteiger partial charge in [0.1, 0.15) is 17.3 Å². The van der Waals surface area contributed by atoms with Gasteiger partial charge in [0.2, 0.25) is 0 Å². The number of nitrogens with two attached hydrogens (primary N) is 1. The molecule has 0 aliphatic heterocycles. The second kappa shape index (κ2) is 7.43. The van der Waals surface area contributed by atoms with E-state index in [1.165, 1.54) is 0 Å². The van der Waals surface area contributed by atoms with E-state index in [4.69, 9.17) is 22.7 Å². The van der Waals surface area contributed by atoms with Gasteiger partial charge in [0.25, 0.3) is 0 Å². The number of hydrogen-bond acceptors (Lipinski definition) is 3. The third-order valence-corrected chi connectivity index (χ3v) is 3.84. The van der Waals surface area contributed by atoms with Crippen molar-refractivity contribution in [3.8, 4) is 5.75 Å². The van der Waals surface area contributed by atoms with Crippen molar-refractivity contribution in [1.29, 1.82) is 0 Å². The maximum absolute atomic E-state index is 5.72. The predicted octanol–water partition coefficient (Wildman–Crippen LogP) is 3.60. The van der Waals surface area contributed by atoms with Gasteiger partial charge < -0.3 is 15.4 Å². The average Bonchev–Trinajstić information content (AvgIpc) is 2.49. The molecule has 21 heavy (non-hydrogen) atoms. The quantitative estimate of drug-likeness (QED) is 0.794. The lowest BCUT2D eigenvalue weighted by Crippen LogP contribution is -2.24. The fourth-order valence-corrected chi connectivity index (χ4v) is 2.25. The van der Waals surface area contributed by atoms with E-state index in [9.17, 15) is 0 Å². The van der Waals surface area contributed by atoms with Crippen molar-refractivity contribution in [2.75, 3.05) is 25.1 Å². The minimum Gasteiger partial charge on any atom is -0.492 e. The van der Waals surface area contributed by atoms with E-state index in [1.54, 1.807) is 0 Å². The minimum absolute atomic E-state index is 0.413. The van der Waals surface area contributed by atoms with Gasteiger partial charge in [-0.25, -0.2) is 0 Å². The standard InChI is InChI=1S/C16H17BrN2OS/c1-19(14-4-2-3-12(11-14)16(18)21)9-10-20-15-7-5-13(17)6-8-15/h2-8,11H,9-10H2,1H3,(H2,18,21). The lowest BCUT2D eigenvalue weighted by Gasteiger charge is -2.20. The smallest absolute Gasteiger partial charge is 0.119 e. The van der Waals surface area contributed by atoms with Gasteiger partial charge in [-0.2, -0.15) is 0 Å². The number of thiocarbonyl (C=S) groups is 1. The summed E-state index contributed by atoms with van der Waals surface area (Å²) in [7, 11) is 2.02. The molecule has 0 bridgehead atoms. The second-order valence-corrected chi connectivity index (χ2v) is 5.99. The Balaban J connectivity index is 1.89. The topological polar surface area (TPSA) is 38.5 Å². The number of nitrogens with zero attached hydrogens (tertiary/aromatic N) is 1. The van der Waals surface area contributed by atoms with E-state index in [0.717, 1.165) is 28.0 Å². The molecule has 2 rings (SSSR count). The number of hydrogen-bond donors (Lipinski definition) is 1. The molecule has 5 heteroatoms. The minimum atomic E-state index is 0.413. The van der Waals surface area contributed by atoms with E-state index >= 15 is 0 Å². The maximum atomic E-state index is 5.72. The van der Waals surface area contributed by atoms with Crippen molar-refractivity contribution in [2.45, 2.75) is 0 Å². The Morgan fingerprint density at radius 3 is 2.62 bits per heavy atom. The van der Waals surface area contributed by atoms with Gasteiger partial charge in [0.05, 0.1) is 6.54 Å². The molecule has 0 unspecified atom stereocenters. The van der Waals surface area contributed by atoms with E-state index in [1.807, 2.05) is 55.6 Å². The van der Waals surface area contributed by atoms with Crippen LogP contribution in [0.25, 0.3) is 0 Å². The van der Waals surface area contributed by atoms with Crippen molar-refractivity contribution < 1.29 is 4.74 Å². The summed E-state index contributed by atoms with van der Waals surface area (Å²) in [6, 6.07) is 15.7. The summed E-state index contributed by atoms with van der Waals surface area (Å²) in [6.07, 6.45) is 0. The van der Waals surface area contributed by atoms with Crippen molar-refractivity contribution in [2.24, 2.45) is 5.73 Å². The highest BCUT2D eigenvalue weighted by molar-refractivity contribution is 9.10. The first-order valence-electron chi connectivity index (χ1n) is 6.55. The van der Waals surface area contributed by atoms with Gasteiger partial charge in [-0.3, -0.25) is 0 Å². The summed E-state index contributed by atoms with van der Waals surface area (Å²) in [5.41, 5.74) is 7.60. The Bertz CT molecular complexity index is 616. The third-order valence-electron chi connectivity index (χ3n) is 3.08. The summed E-state index contributed by atoms with van der Waals surface area (Å²) >= 11 is 8.40. The molecule has 0 aliphatic carbocycles. The van der Waals surface area contributed by atoms with E-state index in [-0.39, 0.29) is 0 Å². The zero-order valence-electron chi connectivity index (χ0n) is 11.8. The number of halogens is 1. The molecule has 110 valence electrons. The van der Waals surface area contributed by atoms with Crippen LogP contribution >= 0.6 is 28.1 Å². The molecular formula is C16H17BrN2OS. The number of anilines is 1. The van der Waals surface area contributed by atoms with Gasteiger partial charge in [0.15, 0.2) is 0 Å². The molecule has 0 amide bonds. The van der Waals surface area contributed by atoms with Crippen molar-refractivity contribution in [3.05, 3.63) is 58.6 Å². The van der Waals surface area contributed by atoms with Crippen molar-refractivity contribution in [3.63, 3.8) is 0 Å². The molecule has 0 fully saturated rings. The lowest BCUT2D eigenvalue weighted by atomic mass is 10.2. The SMILES string of the molecule is CN(CCOc1ccc(Br)cc1)c1cccc(C(N)=S)c1. The first kappa shape index (κ1) is 15.8. The van der Waals surface area contributed by atoms with Gasteiger partial charge >= 0.3 is 0 Å². The highest BCUT2D eigenvalue weighted by atomic mass is 79.9. The van der Waals surface area contributed by atoms with Crippen molar-refractivity contribution in [1.82, 2.24) is 0 Å². The van der Waals surface area contributed by atoms with Crippen LogP contribution in [0.1, 0.15) is 5.56 Å². The normalized spacial score (nSPS) is 10.2. The molecule has 0 aliphatic rings. The lowest BCUT2D eigenvalue weighted by molar-refractivity contribution is 0.326. The van der Waals surface area contributed by atoms with Crippen LogP contribution in [0.2, 0.25) is 0 Å². The summed E-state index contributed by atoms with van der Waals surface area (Å²) in [4.78, 5) is 2.53. The van der Waals surface area contributed by atoms with Gasteiger partial charge in [-0.15, -0.1) is 0 Å². The largest absolute Gasteiger partial charge is 0.492 e. The maximum Gasteiger partial charge on any atom is 0.119 e. The monoisotopic (exact) mass is 364 g/mol. The molecule has 3 nitrogen and oxygen atoms in total. The Labute approximate surface area is 138 Å². The number of rotatable bonds is 6. The fourth-order valence-electron chi connectivity index (χ4n) is 1.86. The summed E-state index contributed by atoms with van der Waals surface area (Å²) in [6.45, 7) is 1.38. The zero-order valence-corrected chi connectivity index (χ0v) is 14.2. The Kier molecular flexibility index (Phi) is 5.59. The number of benzene rings is 2. The van der Waals surface area contributed by atoms with E-state index in [0.29, 0.717) is 11.6 Å². The molecule has 0 spiro atoms. The van der Waals surface area contributed by atoms with Crippen LogP contribution in [0.3, 0.4) is 0 Å². The molecule has 0 heterocycles. The Morgan fingerprint density at radius 1 is 1.24 bits per heavy atom. The first-order chi connectivity index (χ1) is 10.1. The Morgan fingerprint density at radius 2 is 1.95 bits per heavy atom. The number of likely N-dealkylation sites (N-methyl/N-ethyl adjacent to an activating group) is 1. The molecular weight excluding hydrogens is 348 g/mol. The van der Waals surface area contributed by atoms with Gasteiger partial charge in [-0.1, -0.05) is 40.3 Å². The fraction of sp³-hybridized carbons (Fsp3) is 0.188. The highest BCUT2D eigenvalue weighted by Crippen LogP contribution is 2.17. The molecule has 0 saturated heterocycles. The third kappa shape index (κ3) is 4.72. The molecule has 2 N–H and O–H groups in total. The van der Waals surface area contributed by atoms with Crippen LogP contribution in [-0.2, 0) is 0 Å². The molecule has 0 aromatic heterocycles. The van der Waals surface area contributed by atoms with Crippen LogP contribution in [0, 0.1) is 0 Å². The first-order valence-corrected chi connectivity index (χ1v) is 7.76. The average molecular weight is 365 g/mol. The Hall–Kier alpha value is -1.59. The van der Waals surface area contributed by atoms with Gasteiger partial charge in [-0.05, 0) is 36.4 Å². The summed E-state index contributed by atoms with van der Waals surface area (Å²) in [5.74, 6) is 0.864. The van der Waals surface area contributed by atoms with Gasteiger partial charge in [0, 0.05) is 22.8 Å². The number of ether oxygens (including phenoxy) is 1. The van der Waals surface area contributed by atoms with E-state index < -0.39 is 0 Å². The molecule has 0 atom stereocenters. The molecule has 0 radical (unpaired) electrons. The molecule has 0 saturated carbocycles. The predicted molar refractivity (Wildman–Crippen MR) is 95.2 cm³/mol. The second-order valence-electron chi connectivity index (χ2n) is 4.64. The molecule has 2 aromatic rings. The van der Waals surface area contributed by atoms with Crippen LogP contribution < -0.4 is 15.4 Å². The summed E-state index contributed by atoms with van der Waals surface area (Å²) < 4.78 is 6.76. The van der Waals surface area contributed by atoms with Crippen LogP contribution in [-0.4, -0.2) is 25.2 Å². The zero-order chi connectivity index (χ0) is 15.2. The highest BCUT2D eigenvalue weighted by Gasteiger charge is 2.04. The van der Waals surface area contributed by atoms with Crippen LogP contribution in [0.5, 0.6) is 5.75 Å². The molecule has 2 aromatic carbocycles.